The van der Waals surface area contributed by atoms with Gasteiger partial charge < -0.3 is 4.74 Å². The maximum atomic E-state index is 6.18. The summed E-state index contributed by atoms with van der Waals surface area (Å²) in [4.78, 5) is 0. The van der Waals surface area contributed by atoms with Crippen LogP contribution in [-0.4, -0.2) is 0 Å². The van der Waals surface area contributed by atoms with Gasteiger partial charge in [-0.2, -0.15) is 0 Å². The summed E-state index contributed by atoms with van der Waals surface area (Å²) in [6.45, 7) is 6.69. The number of hydrogen-bond donors (Lipinski definition) is 0. The Morgan fingerprint density at radius 1 is 0.852 bits per heavy atom. The van der Waals surface area contributed by atoms with Crippen LogP contribution in [0, 0.1) is 6.92 Å². The maximum Gasteiger partial charge on any atom is 0.127 e. The molecule has 0 aromatic heterocycles. The maximum absolute atomic E-state index is 6.18. The molecule has 140 valence electrons. The second kappa shape index (κ2) is 8.63. The van der Waals surface area contributed by atoms with Gasteiger partial charge in [0.25, 0.3) is 0 Å². The Balaban J connectivity index is 1.59. The lowest BCUT2D eigenvalue weighted by molar-refractivity contribution is 0.459. The third-order valence-corrected chi connectivity index (χ3v) is 5.51. The molecule has 0 amide bonds. The van der Waals surface area contributed by atoms with Crippen LogP contribution in [0.4, 0.5) is 0 Å². The molecule has 0 fully saturated rings. The first-order chi connectivity index (χ1) is 12.9. The highest BCUT2D eigenvalue weighted by Crippen LogP contribution is 2.32. The van der Waals surface area contributed by atoms with Gasteiger partial charge in [0.15, 0.2) is 0 Å². The highest BCUT2D eigenvalue weighted by Gasteiger charge is 2.20. The van der Waals surface area contributed by atoms with Crippen molar-refractivity contribution < 1.29 is 4.74 Å². The van der Waals surface area contributed by atoms with E-state index in [4.69, 9.17) is 16.3 Å². The van der Waals surface area contributed by atoms with Gasteiger partial charge in [-0.3, -0.25) is 0 Å². The number of para-hydroxylation sites is 1. The SMILES string of the molecule is Cc1cc(C(C)(C)CCCc2cccc(Oc3ccccc3)c2)ccc1Cl. The Morgan fingerprint density at radius 2 is 1.59 bits per heavy atom. The van der Waals surface area contributed by atoms with Gasteiger partial charge in [0.2, 0.25) is 0 Å². The van der Waals surface area contributed by atoms with E-state index in [0.29, 0.717) is 0 Å². The number of hydrogen-bond acceptors (Lipinski definition) is 1. The van der Waals surface area contributed by atoms with Crippen LogP contribution < -0.4 is 4.74 Å². The smallest absolute Gasteiger partial charge is 0.127 e. The predicted octanol–water partition coefficient (Wildman–Crippen LogP) is 7.74. The molecule has 3 aromatic rings. The van der Waals surface area contributed by atoms with Crippen LogP contribution in [0.2, 0.25) is 5.02 Å². The number of benzene rings is 3. The molecule has 2 heteroatoms. The number of aryl methyl sites for hydroxylation is 2. The molecule has 3 rings (SSSR count). The van der Waals surface area contributed by atoms with Crippen LogP contribution in [0.1, 0.15) is 43.4 Å². The zero-order chi connectivity index (χ0) is 19.3. The Kier molecular flexibility index (Phi) is 6.23. The summed E-state index contributed by atoms with van der Waals surface area (Å²) in [5.41, 5.74) is 3.94. The Morgan fingerprint density at radius 3 is 2.33 bits per heavy atom. The lowest BCUT2D eigenvalue weighted by Crippen LogP contribution is -2.17. The van der Waals surface area contributed by atoms with Gasteiger partial charge in [-0.25, -0.2) is 0 Å². The van der Waals surface area contributed by atoms with Crippen molar-refractivity contribution in [2.24, 2.45) is 0 Å². The number of ether oxygens (including phenoxy) is 1. The van der Waals surface area contributed by atoms with Crippen molar-refractivity contribution in [1.29, 1.82) is 0 Å². The van der Waals surface area contributed by atoms with Crippen molar-refractivity contribution in [3.05, 3.63) is 94.5 Å². The molecule has 0 atom stereocenters. The Labute approximate surface area is 168 Å². The minimum Gasteiger partial charge on any atom is -0.457 e. The molecule has 0 aliphatic carbocycles. The van der Waals surface area contributed by atoms with Gasteiger partial charge in [0.05, 0.1) is 0 Å². The summed E-state index contributed by atoms with van der Waals surface area (Å²) < 4.78 is 5.95. The number of halogens is 1. The fraction of sp³-hybridized carbons (Fsp3) is 0.280. The lowest BCUT2D eigenvalue weighted by atomic mass is 9.79. The molecule has 0 saturated heterocycles. The molecular formula is C25H27ClO. The van der Waals surface area contributed by atoms with Crippen molar-refractivity contribution in [3.63, 3.8) is 0 Å². The second-order valence-corrected chi connectivity index (χ2v) is 8.17. The lowest BCUT2D eigenvalue weighted by Gasteiger charge is -2.26. The molecule has 0 radical (unpaired) electrons. The van der Waals surface area contributed by atoms with Crippen LogP contribution >= 0.6 is 11.6 Å². The summed E-state index contributed by atoms with van der Waals surface area (Å²) in [7, 11) is 0. The molecule has 0 aliphatic rings. The first kappa shape index (κ1) is 19.5. The van der Waals surface area contributed by atoms with Crippen molar-refractivity contribution in [1.82, 2.24) is 0 Å². The van der Waals surface area contributed by atoms with Gasteiger partial charge in [0.1, 0.15) is 11.5 Å². The van der Waals surface area contributed by atoms with E-state index in [1.807, 2.05) is 42.5 Å². The van der Waals surface area contributed by atoms with Crippen LogP contribution in [0.15, 0.2) is 72.8 Å². The third-order valence-electron chi connectivity index (χ3n) is 5.08. The normalized spacial score (nSPS) is 11.4. The zero-order valence-corrected chi connectivity index (χ0v) is 17.1. The summed E-state index contributed by atoms with van der Waals surface area (Å²) in [5.74, 6) is 1.76. The van der Waals surface area contributed by atoms with Crippen molar-refractivity contribution in [3.8, 4) is 11.5 Å². The fourth-order valence-electron chi connectivity index (χ4n) is 3.33. The molecule has 1 nitrogen and oxygen atoms in total. The third kappa shape index (κ3) is 5.37. The van der Waals surface area contributed by atoms with Gasteiger partial charge in [0, 0.05) is 5.02 Å². The molecule has 0 unspecified atom stereocenters. The van der Waals surface area contributed by atoms with E-state index >= 15 is 0 Å². The molecule has 0 saturated carbocycles. The minimum atomic E-state index is 0.132. The van der Waals surface area contributed by atoms with Crippen LogP contribution in [0.3, 0.4) is 0 Å². The van der Waals surface area contributed by atoms with Gasteiger partial charge >= 0.3 is 0 Å². The second-order valence-electron chi connectivity index (χ2n) is 7.76. The predicted molar refractivity (Wildman–Crippen MR) is 115 cm³/mol. The highest BCUT2D eigenvalue weighted by molar-refractivity contribution is 6.31. The first-order valence-corrected chi connectivity index (χ1v) is 9.90. The quantitative estimate of drug-likeness (QED) is 0.408. The summed E-state index contributed by atoms with van der Waals surface area (Å²) in [5, 5.41) is 0.838. The Hall–Kier alpha value is -2.25. The van der Waals surface area contributed by atoms with E-state index in [2.05, 4.69) is 51.1 Å². The standard InChI is InChI=1S/C25H27ClO/c1-19-17-21(14-15-24(19)26)25(2,3)16-8-10-20-9-7-13-23(18-20)27-22-11-5-4-6-12-22/h4-7,9,11-15,17-18H,8,10,16H2,1-3H3. The van der Waals surface area contributed by atoms with E-state index in [0.717, 1.165) is 41.3 Å². The molecule has 0 spiro atoms. The van der Waals surface area contributed by atoms with Gasteiger partial charge in [-0.05, 0) is 78.6 Å². The fourth-order valence-corrected chi connectivity index (χ4v) is 3.45. The van der Waals surface area contributed by atoms with E-state index in [1.54, 1.807) is 0 Å². The van der Waals surface area contributed by atoms with E-state index in [-0.39, 0.29) is 5.41 Å². The molecule has 0 aliphatic heterocycles. The monoisotopic (exact) mass is 378 g/mol. The summed E-state index contributed by atoms with van der Waals surface area (Å²) >= 11 is 6.18. The van der Waals surface area contributed by atoms with Crippen LogP contribution in [0.25, 0.3) is 0 Å². The zero-order valence-electron chi connectivity index (χ0n) is 16.3. The van der Waals surface area contributed by atoms with Crippen molar-refractivity contribution in [2.75, 3.05) is 0 Å². The first-order valence-electron chi connectivity index (χ1n) is 9.52. The van der Waals surface area contributed by atoms with E-state index in [1.165, 1.54) is 11.1 Å². The van der Waals surface area contributed by atoms with Crippen molar-refractivity contribution in [2.45, 2.75) is 45.4 Å². The Bertz CT molecular complexity index is 884. The number of rotatable bonds is 7. The van der Waals surface area contributed by atoms with Gasteiger partial charge in [-0.1, -0.05) is 67.9 Å². The molecule has 0 bridgehead atoms. The van der Waals surface area contributed by atoms with Crippen LogP contribution in [-0.2, 0) is 11.8 Å². The average Bonchev–Trinajstić information content (AvgIpc) is 2.65. The average molecular weight is 379 g/mol. The topological polar surface area (TPSA) is 9.23 Å². The highest BCUT2D eigenvalue weighted by atomic mass is 35.5. The molecule has 0 N–H and O–H groups in total. The summed E-state index contributed by atoms with van der Waals surface area (Å²) in [6.07, 6.45) is 3.29. The van der Waals surface area contributed by atoms with E-state index < -0.39 is 0 Å². The van der Waals surface area contributed by atoms with Gasteiger partial charge in [-0.15, -0.1) is 0 Å². The molecule has 3 aromatic carbocycles. The molecule has 0 heterocycles. The largest absolute Gasteiger partial charge is 0.457 e. The van der Waals surface area contributed by atoms with Crippen LogP contribution in [0.5, 0.6) is 11.5 Å². The molecular weight excluding hydrogens is 352 g/mol. The van der Waals surface area contributed by atoms with Crippen molar-refractivity contribution >= 4 is 11.6 Å². The minimum absolute atomic E-state index is 0.132. The molecule has 27 heavy (non-hydrogen) atoms. The van der Waals surface area contributed by atoms with E-state index in [9.17, 15) is 0 Å². The summed E-state index contributed by atoms with van der Waals surface area (Å²) in [6, 6.07) is 24.7.